The van der Waals surface area contributed by atoms with E-state index in [0.29, 0.717) is 5.92 Å². The van der Waals surface area contributed by atoms with Crippen LogP contribution in [-0.4, -0.2) is 9.13 Å². The van der Waals surface area contributed by atoms with E-state index in [2.05, 4.69) is 167 Å². The Balaban J connectivity index is 1.06. The predicted molar refractivity (Wildman–Crippen MR) is 214 cm³/mol. The van der Waals surface area contributed by atoms with E-state index in [1.54, 1.807) is 0 Å². The number of allylic oxidation sites excluding steroid dienone is 5. The second kappa shape index (κ2) is 11.1. The molecule has 3 heteroatoms. The summed E-state index contributed by atoms with van der Waals surface area (Å²) < 4.78 is 11.5. The molecule has 1 atom stereocenters. The van der Waals surface area contributed by atoms with Gasteiger partial charge in [0.15, 0.2) is 5.58 Å². The fraction of sp³-hybridized carbons (Fsp3) is 0.0833. The molecule has 0 bridgehead atoms. The summed E-state index contributed by atoms with van der Waals surface area (Å²) in [6.07, 6.45) is 14.5. The van der Waals surface area contributed by atoms with Crippen LogP contribution in [0.2, 0.25) is 0 Å². The Bertz CT molecular complexity index is 2940. The van der Waals surface area contributed by atoms with Crippen molar-refractivity contribution in [2.75, 3.05) is 0 Å². The lowest BCUT2D eigenvalue weighted by molar-refractivity contribution is 0.664. The molecular weight excluding hydrogens is 621 g/mol. The monoisotopic (exact) mass is 654 g/mol. The van der Waals surface area contributed by atoms with E-state index in [-0.39, 0.29) is 0 Å². The van der Waals surface area contributed by atoms with E-state index in [4.69, 9.17) is 4.42 Å². The third kappa shape index (κ3) is 4.31. The summed E-state index contributed by atoms with van der Waals surface area (Å²) in [7, 11) is 0. The van der Waals surface area contributed by atoms with E-state index >= 15 is 0 Å². The maximum atomic E-state index is 6.54. The molecule has 0 aliphatic heterocycles. The molecular formula is C48H34N2O. The Hall–Kier alpha value is -6.32. The quantitative estimate of drug-likeness (QED) is 0.185. The molecule has 242 valence electrons. The number of benzene rings is 6. The molecule has 3 heterocycles. The summed E-state index contributed by atoms with van der Waals surface area (Å²) in [6, 6.07) is 48.7. The third-order valence-corrected chi connectivity index (χ3v) is 11.1. The minimum Gasteiger partial charge on any atom is -0.454 e. The molecule has 0 spiro atoms. The summed E-state index contributed by atoms with van der Waals surface area (Å²) >= 11 is 0. The van der Waals surface area contributed by atoms with Gasteiger partial charge in [-0.2, -0.15) is 0 Å². The minimum absolute atomic E-state index is 0.361. The summed E-state index contributed by atoms with van der Waals surface area (Å²) in [5.74, 6) is 0.361. The van der Waals surface area contributed by atoms with Crippen LogP contribution in [0, 0.1) is 0 Å². The molecule has 0 saturated heterocycles. The molecule has 2 aliphatic carbocycles. The average Bonchev–Trinajstić information content (AvgIpc) is 3.86. The zero-order chi connectivity index (χ0) is 33.5. The zero-order valence-corrected chi connectivity index (χ0v) is 28.1. The fourth-order valence-corrected chi connectivity index (χ4v) is 8.80. The Morgan fingerprint density at radius 3 is 2.20 bits per heavy atom. The van der Waals surface area contributed by atoms with Crippen LogP contribution in [0.4, 0.5) is 0 Å². The van der Waals surface area contributed by atoms with Crippen molar-refractivity contribution >= 4 is 66.4 Å². The first-order valence-corrected chi connectivity index (χ1v) is 18.0. The highest BCUT2D eigenvalue weighted by molar-refractivity contribution is 6.12. The van der Waals surface area contributed by atoms with Crippen LogP contribution in [0.1, 0.15) is 35.6 Å². The first-order valence-electron chi connectivity index (χ1n) is 18.0. The van der Waals surface area contributed by atoms with Gasteiger partial charge in [0.1, 0.15) is 5.58 Å². The lowest BCUT2D eigenvalue weighted by Crippen LogP contribution is -2.05. The number of para-hydroxylation sites is 3. The topological polar surface area (TPSA) is 23.0 Å². The summed E-state index contributed by atoms with van der Waals surface area (Å²) in [6.45, 7) is 0. The standard InChI is InChI=1S/C48H34N2O/c1-2-12-31(13-3-1)32-14-10-15-35(28-32)49-42-20-7-4-16-36(42)40-29-33(24-26-44(40)49)34-25-27-45-41(30-34)37-17-5-8-21-43(37)50(45)46-22-11-19-39-38-18-6-9-23-47(38)51-48(39)46/h1-7,9-20,22-27,29-30,32H,8,21,28H2. The van der Waals surface area contributed by atoms with Crippen molar-refractivity contribution in [3.8, 4) is 16.8 Å². The summed E-state index contributed by atoms with van der Waals surface area (Å²) in [5.41, 5.74) is 14.5. The van der Waals surface area contributed by atoms with E-state index < -0.39 is 0 Å². The second-order valence-electron chi connectivity index (χ2n) is 14.0. The van der Waals surface area contributed by atoms with Crippen LogP contribution in [0.3, 0.4) is 0 Å². The lowest BCUT2D eigenvalue weighted by Gasteiger charge is -2.21. The number of aromatic nitrogens is 2. The van der Waals surface area contributed by atoms with Gasteiger partial charge in [-0.25, -0.2) is 0 Å². The molecule has 0 radical (unpaired) electrons. The van der Waals surface area contributed by atoms with Gasteiger partial charge in [-0.1, -0.05) is 115 Å². The molecule has 9 aromatic rings. The van der Waals surface area contributed by atoms with Gasteiger partial charge < -0.3 is 13.6 Å². The van der Waals surface area contributed by atoms with Gasteiger partial charge >= 0.3 is 0 Å². The van der Waals surface area contributed by atoms with Gasteiger partial charge in [0.25, 0.3) is 0 Å². The zero-order valence-electron chi connectivity index (χ0n) is 28.1. The summed E-state index contributed by atoms with van der Waals surface area (Å²) in [5, 5.41) is 6.16. The second-order valence-corrected chi connectivity index (χ2v) is 14.0. The molecule has 3 aromatic heterocycles. The van der Waals surface area contributed by atoms with E-state index in [0.717, 1.165) is 46.9 Å². The van der Waals surface area contributed by atoms with Crippen LogP contribution < -0.4 is 0 Å². The van der Waals surface area contributed by atoms with Crippen molar-refractivity contribution in [1.82, 2.24) is 9.13 Å². The predicted octanol–water partition coefficient (Wildman–Crippen LogP) is 12.8. The maximum Gasteiger partial charge on any atom is 0.159 e. The number of furan rings is 1. The Labute approximate surface area is 295 Å². The van der Waals surface area contributed by atoms with Gasteiger partial charge in [0.05, 0.1) is 22.2 Å². The normalized spacial score (nSPS) is 15.8. The van der Waals surface area contributed by atoms with Gasteiger partial charge in [-0.05, 0) is 84.5 Å². The molecule has 1 unspecified atom stereocenters. The summed E-state index contributed by atoms with van der Waals surface area (Å²) in [4.78, 5) is 0. The number of nitrogens with zero attached hydrogens (tertiary/aromatic N) is 2. The maximum absolute atomic E-state index is 6.54. The van der Waals surface area contributed by atoms with E-state index in [9.17, 15) is 0 Å². The van der Waals surface area contributed by atoms with Gasteiger partial charge in [0, 0.05) is 49.8 Å². The Morgan fingerprint density at radius 2 is 1.31 bits per heavy atom. The van der Waals surface area contributed by atoms with Crippen molar-refractivity contribution in [1.29, 1.82) is 0 Å². The van der Waals surface area contributed by atoms with Gasteiger partial charge in [-0.3, -0.25) is 0 Å². The number of hydrogen-bond donors (Lipinski definition) is 0. The average molecular weight is 655 g/mol. The van der Waals surface area contributed by atoms with Crippen molar-refractivity contribution in [2.24, 2.45) is 0 Å². The molecule has 0 N–H and O–H groups in total. The molecule has 11 rings (SSSR count). The highest BCUT2D eigenvalue weighted by Crippen LogP contribution is 2.42. The molecule has 3 nitrogen and oxygen atoms in total. The first-order chi connectivity index (χ1) is 25.3. The van der Waals surface area contributed by atoms with Gasteiger partial charge in [0.2, 0.25) is 0 Å². The van der Waals surface area contributed by atoms with Crippen molar-refractivity contribution in [3.05, 3.63) is 175 Å². The van der Waals surface area contributed by atoms with Gasteiger partial charge in [-0.15, -0.1) is 0 Å². The van der Waals surface area contributed by atoms with Crippen LogP contribution in [0.15, 0.2) is 162 Å². The van der Waals surface area contributed by atoms with Crippen molar-refractivity contribution in [3.63, 3.8) is 0 Å². The number of fused-ring (bicyclic) bond motifs is 9. The number of hydrogen-bond acceptors (Lipinski definition) is 1. The Morgan fingerprint density at radius 1 is 0.588 bits per heavy atom. The minimum atomic E-state index is 0.361. The van der Waals surface area contributed by atoms with Crippen molar-refractivity contribution in [2.45, 2.75) is 25.2 Å². The smallest absolute Gasteiger partial charge is 0.159 e. The molecule has 2 aliphatic rings. The molecule has 0 fully saturated rings. The highest BCUT2D eigenvalue weighted by Gasteiger charge is 2.23. The van der Waals surface area contributed by atoms with Crippen LogP contribution >= 0.6 is 0 Å². The first kappa shape index (κ1) is 28.5. The highest BCUT2D eigenvalue weighted by atomic mass is 16.3. The Kier molecular flexibility index (Phi) is 6.20. The van der Waals surface area contributed by atoms with E-state index in [1.807, 2.05) is 6.07 Å². The molecule has 0 amide bonds. The fourth-order valence-electron chi connectivity index (χ4n) is 8.80. The van der Waals surface area contributed by atoms with Crippen LogP contribution in [0.5, 0.6) is 0 Å². The lowest BCUT2D eigenvalue weighted by atomic mass is 9.91. The number of rotatable bonds is 4. The van der Waals surface area contributed by atoms with E-state index in [1.165, 1.54) is 66.4 Å². The molecule has 0 saturated carbocycles. The third-order valence-electron chi connectivity index (χ3n) is 11.1. The molecule has 6 aromatic carbocycles. The van der Waals surface area contributed by atoms with Crippen LogP contribution in [-0.2, 0) is 6.42 Å². The van der Waals surface area contributed by atoms with Crippen molar-refractivity contribution < 1.29 is 4.42 Å². The van der Waals surface area contributed by atoms with Crippen LogP contribution in [0.25, 0.3) is 83.2 Å². The largest absolute Gasteiger partial charge is 0.454 e. The SMILES string of the molecule is C1=CC(c2ccccc2)CC(n2c3ccccc3c3cc(-c4ccc5c(c4)c4c(n5-c5cccc6c5oc5ccccc56)CCC=C4)ccc32)=C1. The molecule has 51 heavy (non-hydrogen) atoms.